The van der Waals surface area contributed by atoms with Gasteiger partial charge in [0.2, 0.25) is 0 Å². The monoisotopic (exact) mass is 502 g/mol. The smallest absolute Gasteiger partial charge is 0.308 e. The van der Waals surface area contributed by atoms with E-state index < -0.39 is 0 Å². The molecule has 0 radical (unpaired) electrons. The Morgan fingerprint density at radius 2 is 1.86 bits per heavy atom. The van der Waals surface area contributed by atoms with Gasteiger partial charge in [-0.15, -0.1) is 24.0 Å². The largest absolute Gasteiger partial charge is 0.469 e. The first-order valence-corrected chi connectivity index (χ1v) is 9.57. The Morgan fingerprint density at radius 1 is 1.18 bits per heavy atom. The maximum absolute atomic E-state index is 12.0. The number of methoxy groups -OCH3 is 1. The number of hydrogen-bond donors (Lipinski definition) is 2. The van der Waals surface area contributed by atoms with Crippen molar-refractivity contribution < 1.29 is 14.3 Å². The van der Waals surface area contributed by atoms with Crippen LogP contribution in [0.3, 0.4) is 0 Å². The molecule has 0 saturated carbocycles. The maximum Gasteiger partial charge on any atom is 0.308 e. The summed E-state index contributed by atoms with van der Waals surface area (Å²) in [7, 11) is 1.44. The molecule has 0 atom stereocenters. The molecule has 1 aliphatic rings. The summed E-state index contributed by atoms with van der Waals surface area (Å²) in [6.07, 6.45) is 1.54. The van der Waals surface area contributed by atoms with Crippen molar-refractivity contribution in [2.24, 2.45) is 10.9 Å². The van der Waals surface area contributed by atoms with Gasteiger partial charge in [-0.25, -0.2) is 4.99 Å². The number of likely N-dealkylation sites (tertiary alicyclic amines) is 1. The van der Waals surface area contributed by atoms with Crippen LogP contribution < -0.4 is 10.6 Å². The van der Waals surface area contributed by atoms with Gasteiger partial charge in [-0.1, -0.05) is 12.1 Å². The van der Waals surface area contributed by atoms with Crippen molar-refractivity contribution in [3.05, 3.63) is 35.4 Å². The Hall–Kier alpha value is -1.84. The van der Waals surface area contributed by atoms with Crippen molar-refractivity contribution in [3.63, 3.8) is 0 Å². The van der Waals surface area contributed by atoms with E-state index in [9.17, 15) is 9.59 Å². The normalized spacial score (nSPS) is 14.8. The van der Waals surface area contributed by atoms with Crippen LogP contribution in [0.15, 0.2) is 29.3 Å². The topological polar surface area (TPSA) is 83.0 Å². The summed E-state index contributed by atoms with van der Waals surface area (Å²) in [5.74, 6) is 0.617. The molecule has 0 aliphatic carbocycles. The summed E-state index contributed by atoms with van der Waals surface area (Å²) < 4.78 is 4.85. The molecule has 1 saturated heterocycles. The number of aliphatic imine (C=N–C) groups is 1. The number of rotatable bonds is 6. The summed E-state index contributed by atoms with van der Waals surface area (Å²) in [6, 6.07) is 7.53. The third-order valence-corrected chi connectivity index (χ3v) is 4.60. The first-order chi connectivity index (χ1) is 13.1. The van der Waals surface area contributed by atoms with Crippen LogP contribution in [0.5, 0.6) is 0 Å². The Morgan fingerprint density at radius 3 is 2.46 bits per heavy atom. The second-order valence-electron chi connectivity index (χ2n) is 6.51. The number of ether oxygens (including phenoxy) is 1. The van der Waals surface area contributed by atoms with Gasteiger partial charge in [0.05, 0.1) is 19.6 Å². The molecule has 0 unspecified atom stereocenters. The van der Waals surface area contributed by atoms with Gasteiger partial charge in [-0.2, -0.15) is 0 Å². The lowest BCUT2D eigenvalue weighted by atomic mass is 9.97. The predicted octanol–water partition coefficient (Wildman–Crippen LogP) is 2.40. The second-order valence-corrected chi connectivity index (χ2v) is 6.51. The van der Waals surface area contributed by atoms with E-state index in [2.05, 4.69) is 15.5 Å². The van der Waals surface area contributed by atoms with Crippen LogP contribution in [-0.2, 0) is 16.1 Å². The van der Waals surface area contributed by atoms with Crippen LogP contribution in [-0.4, -0.2) is 56.0 Å². The lowest BCUT2D eigenvalue weighted by Crippen LogP contribution is -2.46. The fraction of sp³-hybridized carbons (Fsp3) is 0.550. The summed E-state index contributed by atoms with van der Waals surface area (Å²) in [5, 5.41) is 6.13. The first kappa shape index (κ1) is 24.2. The zero-order valence-corrected chi connectivity index (χ0v) is 19.2. The fourth-order valence-electron chi connectivity index (χ4n) is 3.16. The molecule has 1 heterocycles. The number of nitrogens with one attached hydrogen (secondary N) is 2. The molecule has 2 N–H and O–H groups in total. The maximum atomic E-state index is 12.0. The highest BCUT2D eigenvalue weighted by atomic mass is 127. The van der Waals surface area contributed by atoms with Gasteiger partial charge in [-0.3, -0.25) is 9.59 Å². The molecule has 7 nitrogen and oxygen atoms in total. The standard InChI is InChI=1S/C20H30N4O3.HI/c1-4-21-18(25)17-8-6-7-15(13-17)14-23-20(22-5-2)24-11-9-16(10-12-24)19(26)27-3;/h6-8,13,16H,4-5,9-12,14H2,1-3H3,(H,21,25)(H,22,23);1H. The number of guanidine groups is 1. The Balaban J connectivity index is 0.00000392. The minimum Gasteiger partial charge on any atom is -0.469 e. The molecule has 1 amide bonds. The highest BCUT2D eigenvalue weighted by molar-refractivity contribution is 14.0. The van der Waals surface area contributed by atoms with Crippen molar-refractivity contribution in [1.82, 2.24) is 15.5 Å². The highest BCUT2D eigenvalue weighted by Crippen LogP contribution is 2.18. The zero-order chi connectivity index (χ0) is 19.6. The van der Waals surface area contributed by atoms with Crippen LogP contribution in [0.4, 0.5) is 0 Å². The van der Waals surface area contributed by atoms with Gasteiger partial charge in [0.25, 0.3) is 5.91 Å². The molecule has 0 spiro atoms. The number of hydrogen-bond acceptors (Lipinski definition) is 4. The minimum absolute atomic E-state index is 0. The quantitative estimate of drug-likeness (QED) is 0.270. The molecule has 156 valence electrons. The van der Waals surface area contributed by atoms with Crippen molar-refractivity contribution in [3.8, 4) is 0 Å². The number of amides is 1. The van der Waals surface area contributed by atoms with Crippen LogP contribution >= 0.6 is 24.0 Å². The SMILES string of the molecule is CCNC(=O)c1cccc(CN=C(NCC)N2CCC(C(=O)OC)CC2)c1.I. The van der Waals surface area contributed by atoms with Gasteiger partial charge in [0.15, 0.2) is 5.96 Å². The number of nitrogens with zero attached hydrogens (tertiary/aromatic N) is 2. The Labute approximate surface area is 184 Å². The number of carbonyl (C=O) groups excluding carboxylic acids is 2. The van der Waals surface area contributed by atoms with Crippen molar-refractivity contribution >= 4 is 41.8 Å². The van der Waals surface area contributed by atoms with Crippen LogP contribution in [0, 0.1) is 5.92 Å². The number of halogens is 1. The van der Waals surface area contributed by atoms with E-state index in [0.29, 0.717) is 18.7 Å². The third kappa shape index (κ3) is 6.96. The average molecular weight is 502 g/mol. The second kappa shape index (κ2) is 12.6. The number of esters is 1. The summed E-state index contributed by atoms with van der Waals surface area (Å²) >= 11 is 0. The van der Waals surface area contributed by atoms with E-state index in [0.717, 1.165) is 44.0 Å². The molecule has 1 aliphatic heterocycles. The predicted molar refractivity (Wildman–Crippen MR) is 121 cm³/mol. The van der Waals surface area contributed by atoms with E-state index in [4.69, 9.17) is 9.73 Å². The van der Waals surface area contributed by atoms with Crippen molar-refractivity contribution in [2.45, 2.75) is 33.2 Å². The lowest BCUT2D eigenvalue weighted by Gasteiger charge is -2.33. The van der Waals surface area contributed by atoms with Crippen LogP contribution in [0.25, 0.3) is 0 Å². The minimum atomic E-state index is -0.126. The van der Waals surface area contributed by atoms with Gasteiger partial charge < -0.3 is 20.3 Å². The Kier molecular flexibility index (Phi) is 10.9. The van der Waals surface area contributed by atoms with E-state index in [1.54, 1.807) is 6.07 Å². The molecular weight excluding hydrogens is 471 g/mol. The zero-order valence-electron chi connectivity index (χ0n) is 16.9. The lowest BCUT2D eigenvalue weighted by molar-refractivity contribution is -0.146. The van der Waals surface area contributed by atoms with Gasteiger partial charge in [0.1, 0.15) is 0 Å². The third-order valence-electron chi connectivity index (χ3n) is 4.60. The van der Waals surface area contributed by atoms with Gasteiger partial charge in [-0.05, 0) is 44.4 Å². The molecule has 1 aromatic rings. The number of piperidine rings is 1. The molecule has 0 bridgehead atoms. The van der Waals surface area contributed by atoms with Crippen molar-refractivity contribution in [1.29, 1.82) is 0 Å². The number of benzene rings is 1. The fourth-order valence-corrected chi connectivity index (χ4v) is 3.16. The molecule has 2 rings (SSSR count). The summed E-state index contributed by atoms with van der Waals surface area (Å²) in [4.78, 5) is 30.6. The molecular formula is C20H31IN4O3. The van der Waals surface area contributed by atoms with Crippen molar-refractivity contribution in [2.75, 3.05) is 33.3 Å². The summed E-state index contributed by atoms with van der Waals surface area (Å²) in [6.45, 7) is 7.34. The highest BCUT2D eigenvalue weighted by Gasteiger charge is 2.26. The van der Waals surface area contributed by atoms with Gasteiger partial charge in [0, 0.05) is 31.7 Å². The van der Waals surface area contributed by atoms with Gasteiger partial charge >= 0.3 is 5.97 Å². The summed E-state index contributed by atoms with van der Waals surface area (Å²) in [5.41, 5.74) is 1.63. The molecule has 1 aromatic carbocycles. The average Bonchev–Trinajstić information content (AvgIpc) is 2.71. The Bertz CT molecular complexity index is 673. The first-order valence-electron chi connectivity index (χ1n) is 9.57. The van der Waals surface area contributed by atoms with E-state index in [-0.39, 0.29) is 41.8 Å². The molecule has 8 heteroatoms. The molecule has 0 aromatic heterocycles. The van der Waals surface area contributed by atoms with Crippen LogP contribution in [0.1, 0.15) is 42.6 Å². The van der Waals surface area contributed by atoms with E-state index in [1.807, 2.05) is 32.0 Å². The number of carbonyl (C=O) groups is 2. The molecule has 1 fully saturated rings. The molecule has 28 heavy (non-hydrogen) atoms. The van der Waals surface area contributed by atoms with E-state index >= 15 is 0 Å². The van der Waals surface area contributed by atoms with Crippen LogP contribution in [0.2, 0.25) is 0 Å². The van der Waals surface area contributed by atoms with E-state index in [1.165, 1.54) is 7.11 Å².